The molecule has 1 aromatic carbocycles. The van der Waals surface area contributed by atoms with Crippen LogP contribution >= 0.6 is 11.6 Å². The number of sulfonamides is 1. The van der Waals surface area contributed by atoms with Crippen LogP contribution in [0.2, 0.25) is 0 Å². The summed E-state index contributed by atoms with van der Waals surface area (Å²) >= 11 is 5.72. The number of alkyl halides is 1. The third kappa shape index (κ3) is 4.74. The third-order valence-electron chi connectivity index (χ3n) is 3.09. The van der Waals surface area contributed by atoms with Crippen LogP contribution in [0.5, 0.6) is 0 Å². The van der Waals surface area contributed by atoms with Crippen LogP contribution in [0.4, 0.5) is 0 Å². The van der Waals surface area contributed by atoms with Gasteiger partial charge in [0.2, 0.25) is 10.0 Å². The van der Waals surface area contributed by atoms with E-state index < -0.39 is 10.0 Å². The quantitative estimate of drug-likeness (QED) is 0.692. The van der Waals surface area contributed by atoms with Crippen molar-refractivity contribution in [3.63, 3.8) is 0 Å². The lowest BCUT2D eigenvalue weighted by Crippen LogP contribution is -2.41. The number of likely N-dealkylation sites (N-methyl/N-ethyl adjacent to an activating group) is 1. The summed E-state index contributed by atoms with van der Waals surface area (Å²) in [5.41, 5.74) is 1.75. The molecule has 0 saturated heterocycles. The van der Waals surface area contributed by atoms with Crippen LogP contribution in [0.1, 0.15) is 25.0 Å². The molecule has 0 saturated carbocycles. The highest BCUT2D eigenvalue weighted by Gasteiger charge is 2.25. The monoisotopic (exact) mass is 319 g/mol. The van der Waals surface area contributed by atoms with E-state index in [-0.39, 0.29) is 11.8 Å². The summed E-state index contributed by atoms with van der Waals surface area (Å²) in [7, 11) is -1.77. The Labute approximate surface area is 126 Å². The van der Waals surface area contributed by atoms with Gasteiger partial charge in [-0.15, -0.1) is 11.6 Å². The fourth-order valence-electron chi connectivity index (χ4n) is 2.12. The van der Waals surface area contributed by atoms with Gasteiger partial charge in [0.15, 0.2) is 0 Å². The molecule has 0 aromatic heterocycles. The Hall–Kier alpha value is -0.620. The molecule has 1 rings (SSSR count). The fraction of sp³-hybridized carbons (Fsp3) is 0.571. The molecule has 0 bridgehead atoms. The largest absolute Gasteiger partial charge is 0.383 e. The van der Waals surface area contributed by atoms with Crippen molar-refractivity contribution in [2.45, 2.75) is 31.5 Å². The van der Waals surface area contributed by atoms with Gasteiger partial charge in [0.1, 0.15) is 0 Å². The average Bonchev–Trinajstić information content (AvgIpc) is 2.39. The van der Waals surface area contributed by atoms with Gasteiger partial charge in [-0.05, 0) is 18.1 Å². The summed E-state index contributed by atoms with van der Waals surface area (Å²) in [4.78, 5) is 0. The molecule has 0 aliphatic rings. The van der Waals surface area contributed by atoms with Gasteiger partial charge in [0, 0.05) is 25.6 Å². The minimum absolute atomic E-state index is 0.00252. The van der Waals surface area contributed by atoms with Gasteiger partial charge < -0.3 is 4.74 Å². The number of methoxy groups -OCH3 is 1. The van der Waals surface area contributed by atoms with Gasteiger partial charge in [-0.3, -0.25) is 0 Å². The van der Waals surface area contributed by atoms with Crippen LogP contribution in [0.15, 0.2) is 24.3 Å². The predicted octanol–water partition coefficient (Wildman–Crippen LogP) is 2.61. The highest BCUT2D eigenvalue weighted by Crippen LogP contribution is 2.15. The fourth-order valence-corrected chi connectivity index (χ4v) is 4.09. The van der Waals surface area contributed by atoms with E-state index in [1.54, 1.807) is 7.11 Å². The highest BCUT2D eigenvalue weighted by atomic mass is 35.5. The number of hydrogen-bond donors (Lipinski definition) is 0. The zero-order valence-corrected chi connectivity index (χ0v) is 13.7. The van der Waals surface area contributed by atoms with E-state index in [9.17, 15) is 8.42 Å². The van der Waals surface area contributed by atoms with Gasteiger partial charge in [-0.25, -0.2) is 8.42 Å². The zero-order valence-electron chi connectivity index (χ0n) is 12.2. The maximum absolute atomic E-state index is 12.4. The van der Waals surface area contributed by atoms with Crippen molar-refractivity contribution in [3.8, 4) is 0 Å². The van der Waals surface area contributed by atoms with Gasteiger partial charge in [0.25, 0.3) is 0 Å². The van der Waals surface area contributed by atoms with Gasteiger partial charge in [0.05, 0.1) is 12.4 Å². The maximum atomic E-state index is 12.4. The molecule has 1 aromatic rings. The van der Waals surface area contributed by atoms with Crippen LogP contribution in [0.25, 0.3) is 0 Å². The minimum Gasteiger partial charge on any atom is -0.383 e. The minimum atomic E-state index is -3.35. The lowest BCUT2D eigenvalue weighted by atomic mass is 10.2. The van der Waals surface area contributed by atoms with Crippen LogP contribution in [-0.2, 0) is 26.4 Å². The molecule has 0 amide bonds. The summed E-state index contributed by atoms with van der Waals surface area (Å²) < 4.78 is 31.4. The summed E-state index contributed by atoms with van der Waals surface area (Å²) in [6, 6.07) is 7.16. The lowest BCUT2D eigenvalue weighted by Gasteiger charge is -2.26. The first-order valence-electron chi connectivity index (χ1n) is 6.56. The number of hydrogen-bond acceptors (Lipinski definition) is 3. The Morgan fingerprint density at radius 3 is 2.25 bits per heavy atom. The van der Waals surface area contributed by atoms with Crippen LogP contribution in [0.3, 0.4) is 0 Å². The molecule has 0 aliphatic heterocycles. The van der Waals surface area contributed by atoms with Gasteiger partial charge in [-0.1, -0.05) is 31.2 Å². The Kier molecular flexibility index (Phi) is 6.95. The van der Waals surface area contributed by atoms with Crippen molar-refractivity contribution in [1.29, 1.82) is 0 Å². The second-order valence-electron chi connectivity index (χ2n) is 4.71. The van der Waals surface area contributed by atoms with Crippen molar-refractivity contribution in [2.75, 3.05) is 20.3 Å². The molecule has 1 unspecified atom stereocenters. The van der Waals surface area contributed by atoms with Crippen molar-refractivity contribution in [3.05, 3.63) is 35.4 Å². The molecular formula is C14H22ClNO3S. The number of rotatable bonds is 8. The molecule has 0 N–H and O–H groups in total. The first-order chi connectivity index (χ1) is 9.44. The number of halogens is 1. The molecule has 0 radical (unpaired) electrons. The molecule has 0 heterocycles. The molecule has 4 nitrogen and oxygen atoms in total. The topological polar surface area (TPSA) is 46.6 Å². The normalized spacial score (nSPS) is 13.7. The summed E-state index contributed by atoms with van der Waals surface area (Å²) in [6.45, 7) is 4.51. The van der Waals surface area contributed by atoms with E-state index in [0.29, 0.717) is 19.0 Å². The second-order valence-corrected chi connectivity index (χ2v) is 6.90. The van der Waals surface area contributed by atoms with Crippen molar-refractivity contribution >= 4 is 21.6 Å². The van der Waals surface area contributed by atoms with E-state index in [4.69, 9.17) is 16.3 Å². The average molecular weight is 320 g/mol. The van der Waals surface area contributed by atoms with Crippen LogP contribution in [-0.4, -0.2) is 39.0 Å². The van der Waals surface area contributed by atoms with Crippen molar-refractivity contribution in [2.24, 2.45) is 0 Å². The Morgan fingerprint density at radius 1 is 1.25 bits per heavy atom. The molecule has 1 atom stereocenters. The first kappa shape index (κ1) is 17.4. The van der Waals surface area contributed by atoms with Crippen molar-refractivity contribution < 1.29 is 13.2 Å². The number of nitrogens with zero attached hydrogens (tertiary/aromatic N) is 1. The number of benzene rings is 1. The van der Waals surface area contributed by atoms with Gasteiger partial charge >= 0.3 is 0 Å². The maximum Gasteiger partial charge on any atom is 0.218 e. The van der Waals surface area contributed by atoms with E-state index in [2.05, 4.69) is 0 Å². The van der Waals surface area contributed by atoms with E-state index in [0.717, 1.165) is 11.1 Å². The van der Waals surface area contributed by atoms with Crippen LogP contribution in [0, 0.1) is 0 Å². The molecule has 0 fully saturated rings. The Morgan fingerprint density at radius 2 is 1.80 bits per heavy atom. The predicted molar refractivity (Wildman–Crippen MR) is 82.3 cm³/mol. The zero-order chi connectivity index (χ0) is 15.2. The molecule has 0 aliphatic carbocycles. The first-order valence-corrected chi connectivity index (χ1v) is 8.71. The SMILES string of the molecule is CCN(C(C)COC)S(=O)(=O)Cc1ccc(CCl)cc1. The molecule has 20 heavy (non-hydrogen) atoms. The molecule has 114 valence electrons. The molecule has 6 heteroatoms. The van der Waals surface area contributed by atoms with Gasteiger partial charge in [-0.2, -0.15) is 4.31 Å². The standard InChI is InChI=1S/C14H22ClNO3S/c1-4-16(12(2)10-19-3)20(17,18)11-14-7-5-13(9-15)6-8-14/h5-8,12H,4,9-11H2,1-3H3. The van der Waals surface area contributed by atoms with E-state index >= 15 is 0 Å². The molecular weight excluding hydrogens is 298 g/mol. The Balaban J connectivity index is 2.85. The summed E-state index contributed by atoms with van der Waals surface area (Å²) in [5.74, 6) is 0.427. The second kappa shape index (κ2) is 7.98. The molecule has 0 spiro atoms. The summed E-state index contributed by atoms with van der Waals surface area (Å²) in [5, 5.41) is 0. The van der Waals surface area contributed by atoms with Crippen LogP contribution < -0.4 is 0 Å². The van der Waals surface area contributed by atoms with E-state index in [1.807, 2.05) is 38.1 Å². The van der Waals surface area contributed by atoms with Crippen molar-refractivity contribution in [1.82, 2.24) is 4.31 Å². The summed E-state index contributed by atoms with van der Waals surface area (Å²) in [6.07, 6.45) is 0. The number of ether oxygens (including phenoxy) is 1. The van der Waals surface area contributed by atoms with E-state index in [1.165, 1.54) is 4.31 Å². The highest BCUT2D eigenvalue weighted by molar-refractivity contribution is 7.88. The third-order valence-corrected chi connectivity index (χ3v) is 5.43. The lowest BCUT2D eigenvalue weighted by molar-refractivity contribution is 0.142. The smallest absolute Gasteiger partial charge is 0.218 e. The Bertz CT molecular complexity index is 502.